The van der Waals surface area contributed by atoms with Crippen molar-refractivity contribution in [3.63, 3.8) is 0 Å². The maximum Gasteiger partial charge on any atom is 0.230 e. The number of hydrogen-bond donors (Lipinski definition) is 1. The molecule has 3 rings (SSSR count). The molecule has 1 aliphatic rings. The number of aromatic nitrogens is 2. The van der Waals surface area contributed by atoms with Gasteiger partial charge in [-0.25, -0.2) is 9.97 Å². The molecule has 1 aliphatic heterocycles. The van der Waals surface area contributed by atoms with Gasteiger partial charge in [0, 0.05) is 35.7 Å². The minimum absolute atomic E-state index is 0.0867. The number of carbonyl (C=O) groups excluding carboxylic acids is 1. The average Bonchev–Trinajstić information content (AvgIpc) is 3.16. The van der Waals surface area contributed by atoms with Crippen molar-refractivity contribution in [1.29, 1.82) is 0 Å². The fraction of sp³-hybridized carbons (Fsp3) is 0.389. The Morgan fingerprint density at radius 1 is 1.15 bits per heavy atom. The van der Waals surface area contributed by atoms with Crippen LogP contribution in [0.1, 0.15) is 18.4 Å². The lowest BCUT2D eigenvalue weighted by Gasteiger charge is -2.16. The smallest absolute Gasteiger partial charge is 0.230 e. The standard InChI is InChI=1S/C18H19Cl3N4OS/c19-13-4-3-12(14(20)9-13)5-6-22-17(26)11-27-18-23-15(21)10-16(24-18)25-7-1-2-8-25/h3-4,9-10H,1-2,5-8,11H2,(H,22,26). The summed E-state index contributed by atoms with van der Waals surface area (Å²) >= 11 is 19.4. The average molecular weight is 446 g/mol. The van der Waals surface area contributed by atoms with Crippen LogP contribution in [0, 0.1) is 0 Å². The summed E-state index contributed by atoms with van der Waals surface area (Å²) in [4.78, 5) is 23.0. The zero-order valence-corrected chi connectivity index (χ0v) is 17.6. The molecule has 0 radical (unpaired) electrons. The second kappa shape index (κ2) is 9.82. The number of benzene rings is 1. The second-order valence-electron chi connectivity index (χ2n) is 6.15. The van der Waals surface area contributed by atoms with E-state index in [2.05, 4.69) is 20.2 Å². The van der Waals surface area contributed by atoms with E-state index in [1.807, 2.05) is 6.07 Å². The van der Waals surface area contributed by atoms with E-state index in [0.29, 0.717) is 33.3 Å². The van der Waals surface area contributed by atoms with Crippen molar-refractivity contribution in [2.45, 2.75) is 24.4 Å². The van der Waals surface area contributed by atoms with Crippen LogP contribution < -0.4 is 10.2 Å². The first-order valence-electron chi connectivity index (χ1n) is 8.64. The van der Waals surface area contributed by atoms with Gasteiger partial charge in [-0.2, -0.15) is 0 Å². The molecule has 0 bridgehead atoms. The van der Waals surface area contributed by atoms with Gasteiger partial charge >= 0.3 is 0 Å². The van der Waals surface area contributed by atoms with Gasteiger partial charge in [0.2, 0.25) is 5.91 Å². The van der Waals surface area contributed by atoms with E-state index in [1.54, 1.807) is 18.2 Å². The normalized spacial score (nSPS) is 13.8. The van der Waals surface area contributed by atoms with Gasteiger partial charge < -0.3 is 10.2 Å². The maximum atomic E-state index is 12.1. The van der Waals surface area contributed by atoms with Gasteiger partial charge in [-0.3, -0.25) is 4.79 Å². The molecule has 5 nitrogen and oxygen atoms in total. The van der Waals surface area contributed by atoms with Crippen molar-refractivity contribution in [2.75, 3.05) is 30.3 Å². The van der Waals surface area contributed by atoms with Gasteiger partial charge in [-0.15, -0.1) is 0 Å². The van der Waals surface area contributed by atoms with Crippen molar-refractivity contribution in [2.24, 2.45) is 0 Å². The Morgan fingerprint density at radius 3 is 2.67 bits per heavy atom. The molecule has 0 aliphatic carbocycles. The summed E-state index contributed by atoms with van der Waals surface area (Å²) in [6, 6.07) is 7.12. The van der Waals surface area contributed by atoms with Gasteiger partial charge in [-0.1, -0.05) is 52.6 Å². The molecule has 0 saturated carbocycles. The lowest BCUT2D eigenvalue weighted by atomic mass is 10.1. The molecule has 2 aromatic rings. The number of carbonyl (C=O) groups is 1. The third kappa shape index (κ3) is 6.14. The summed E-state index contributed by atoms with van der Waals surface area (Å²) in [5.74, 6) is 0.970. The van der Waals surface area contributed by atoms with E-state index in [1.165, 1.54) is 11.8 Å². The Balaban J connectivity index is 1.47. The van der Waals surface area contributed by atoms with Crippen LogP contribution in [0.3, 0.4) is 0 Å². The largest absolute Gasteiger partial charge is 0.356 e. The quantitative estimate of drug-likeness (QED) is 0.386. The minimum atomic E-state index is -0.0867. The summed E-state index contributed by atoms with van der Waals surface area (Å²) in [5.41, 5.74) is 0.947. The maximum absolute atomic E-state index is 12.1. The molecule has 144 valence electrons. The molecule has 0 atom stereocenters. The zero-order valence-electron chi connectivity index (χ0n) is 14.6. The lowest BCUT2D eigenvalue weighted by molar-refractivity contribution is -0.118. The van der Waals surface area contributed by atoms with Crippen LogP contribution in [0.5, 0.6) is 0 Å². The molecule has 1 aromatic heterocycles. The van der Waals surface area contributed by atoms with Crippen LogP contribution >= 0.6 is 46.6 Å². The van der Waals surface area contributed by atoms with Crippen LogP contribution in [0.25, 0.3) is 0 Å². The van der Waals surface area contributed by atoms with E-state index < -0.39 is 0 Å². The first kappa shape index (κ1) is 20.5. The Kier molecular flexibility index (Phi) is 7.47. The molecule has 9 heteroatoms. The molecule has 1 N–H and O–H groups in total. The highest BCUT2D eigenvalue weighted by atomic mass is 35.5. The van der Waals surface area contributed by atoms with Crippen LogP contribution in [-0.2, 0) is 11.2 Å². The number of thioether (sulfide) groups is 1. The molecule has 2 heterocycles. The predicted molar refractivity (Wildman–Crippen MR) is 112 cm³/mol. The predicted octanol–water partition coefficient (Wildman–Crippen LogP) is 4.49. The highest BCUT2D eigenvalue weighted by Crippen LogP contribution is 2.24. The topological polar surface area (TPSA) is 58.1 Å². The molecule has 27 heavy (non-hydrogen) atoms. The SMILES string of the molecule is O=C(CSc1nc(Cl)cc(N2CCCC2)n1)NCCc1ccc(Cl)cc1Cl. The molecular formula is C18H19Cl3N4OS. The zero-order chi connectivity index (χ0) is 19.2. The Morgan fingerprint density at radius 2 is 1.93 bits per heavy atom. The number of nitrogens with zero attached hydrogens (tertiary/aromatic N) is 3. The summed E-state index contributed by atoms with van der Waals surface area (Å²) < 4.78 is 0. The summed E-state index contributed by atoms with van der Waals surface area (Å²) in [5, 5.41) is 4.99. The molecule has 1 fully saturated rings. The van der Waals surface area contributed by atoms with Crippen LogP contribution in [0.15, 0.2) is 29.4 Å². The summed E-state index contributed by atoms with van der Waals surface area (Å²) in [6.45, 7) is 2.45. The first-order valence-corrected chi connectivity index (χ1v) is 10.8. The summed E-state index contributed by atoms with van der Waals surface area (Å²) in [7, 11) is 0. The molecule has 1 amide bonds. The van der Waals surface area contributed by atoms with Crippen molar-refractivity contribution in [3.8, 4) is 0 Å². The van der Waals surface area contributed by atoms with Crippen LogP contribution in [0.2, 0.25) is 15.2 Å². The van der Waals surface area contributed by atoms with Gasteiger partial charge in [0.25, 0.3) is 0 Å². The van der Waals surface area contributed by atoms with Crippen LogP contribution in [-0.4, -0.2) is 41.3 Å². The Hall–Kier alpha value is -1.21. The Labute approximate surface area is 177 Å². The molecule has 0 unspecified atom stereocenters. The highest BCUT2D eigenvalue weighted by molar-refractivity contribution is 7.99. The number of rotatable bonds is 7. The second-order valence-corrected chi connectivity index (χ2v) is 8.32. The van der Waals surface area contributed by atoms with Crippen LogP contribution in [0.4, 0.5) is 5.82 Å². The number of amides is 1. The fourth-order valence-electron chi connectivity index (χ4n) is 2.80. The number of anilines is 1. The van der Waals surface area contributed by atoms with E-state index >= 15 is 0 Å². The molecule has 1 saturated heterocycles. The first-order chi connectivity index (χ1) is 13.0. The van der Waals surface area contributed by atoms with E-state index in [9.17, 15) is 4.79 Å². The van der Waals surface area contributed by atoms with E-state index in [4.69, 9.17) is 34.8 Å². The van der Waals surface area contributed by atoms with E-state index in [-0.39, 0.29) is 11.7 Å². The van der Waals surface area contributed by atoms with Gasteiger partial charge in [0.05, 0.1) is 5.75 Å². The fourth-order valence-corrected chi connectivity index (χ4v) is 4.21. The van der Waals surface area contributed by atoms with Crippen molar-refractivity contribution < 1.29 is 4.79 Å². The molecular weight excluding hydrogens is 427 g/mol. The van der Waals surface area contributed by atoms with Gasteiger partial charge in [-0.05, 0) is 37.0 Å². The Bertz CT molecular complexity index is 815. The molecule has 1 aromatic carbocycles. The number of halogens is 3. The summed E-state index contributed by atoms with van der Waals surface area (Å²) in [6.07, 6.45) is 2.95. The monoisotopic (exact) mass is 444 g/mol. The molecule has 0 spiro atoms. The highest BCUT2D eigenvalue weighted by Gasteiger charge is 2.16. The van der Waals surface area contributed by atoms with Gasteiger partial charge in [0.15, 0.2) is 5.16 Å². The number of hydrogen-bond acceptors (Lipinski definition) is 5. The number of nitrogens with one attached hydrogen (secondary N) is 1. The van der Waals surface area contributed by atoms with Crippen molar-refractivity contribution >= 4 is 58.3 Å². The minimum Gasteiger partial charge on any atom is -0.356 e. The third-order valence-electron chi connectivity index (χ3n) is 4.15. The van der Waals surface area contributed by atoms with Crippen molar-refractivity contribution in [3.05, 3.63) is 45.0 Å². The van der Waals surface area contributed by atoms with E-state index in [0.717, 1.165) is 37.3 Å². The third-order valence-corrected chi connectivity index (χ3v) is 5.78. The lowest BCUT2D eigenvalue weighted by Crippen LogP contribution is -2.27. The van der Waals surface area contributed by atoms with Crippen molar-refractivity contribution in [1.82, 2.24) is 15.3 Å². The van der Waals surface area contributed by atoms with Gasteiger partial charge in [0.1, 0.15) is 11.0 Å².